The van der Waals surface area contributed by atoms with Gasteiger partial charge in [-0.3, -0.25) is 4.79 Å². The lowest BCUT2D eigenvalue weighted by molar-refractivity contribution is 0.181. The molecule has 0 atom stereocenters. The Balaban J connectivity index is 1.80. The second-order valence-corrected chi connectivity index (χ2v) is 8.17. The number of carbonyl (C=O) groups excluding carboxylic acids is 1. The van der Waals surface area contributed by atoms with E-state index in [1.54, 1.807) is 4.90 Å². The third kappa shape index (κ3) is 5.13. The van der Waals surface area contributed by atoms with Crippen molar-refractivity contribution in [3.63, 3.8) is 0 Å². The van der Waals surface area contributed by atoms with Gasteiger partial charge in [0.05, 0.1) is 12.1 Å². The number of aromatic amines is 1. The average molecular weight is 385 g/mol. The van der Waals surface area contributed by atoms with E-state index in [0.717, 1.165) is 35.9 Å². The van der Waals surface area contributed by atoms with Crippen molar-refractivity contribution in [3.8, 4) is 0 Å². The number of likely N-dealkylation sites (N-methyl/N-ethyl adjacent to an activating group) is 1. The first-order valence-electron chi connectivity index (χ1n) is 10.3. The summed E-state index contributed by atoms with van der Waals surface area (Å²) in [6.07, 6.45) is 5.69. The maximum atomic E-state index is 12.9. The van der Waals surface area contributed by atoms with Crippen molar-refractivity contribution in [3.05, 3.63) is 45.7 Å². The first-order chi connectivity index (χ1) is 13.4. The molecule has 2 aromatic rings. The van der Waals surface area contributed by atoms with Crippen LogP contribution in [0.1, 0.15) is 43.2 Å². The van der Waals surface area contributed by atoms with Gasteiger partial charge in [0.2, 0.25) is 0 Å². The molecule has 2 N–H and O–H groups in total. The zero-order valence-electron chi connectivity index (χ0n) is 17.3. The van der Waals surface area contributed by atoms with Crippen molar-refractivity contribution in [2.75, 3.05) is 27.2 Å². The first-order valence-corrected chi connectivity index (χ1v) is 10.3. The summed E-state index contributed by atoms with van der Waals surface area (Å²) in [4.78, 5) is 32.4. The Morgan fingerprint density at radius 2 is 1.93 bits per heavy atom. The van der Waals surface area contributed by atoms with E-state index in [0.29, 0.717) is 18.7 Å². The molecule has 0 saturated heterocycles. The summed E-state index contributed by atoms with van der Waals surface area (Å²) in [6.45, 7) is 3.63. The van der Waals surface area contributed by atoms with Crippen molar-refractivity contribution in [1.82, 2.24) is 20.1 Å². The number of pyridine rings is 1. The molecule has 28 heavy (non-hydrogen) atoms. The average Bonchev–Trinajstić information content (AvgIpc) is 2.67. The number of amides is 2. The van der Waals surface area contributed by atoms with Crippen LogP contribution in [0, 0.1) is 6.92 Å². The standard InChI is InChI=1S/C22H32N4O2/c1-16-8-7-9-17-14-18(21(27)24-20(16)17)15-26(13-12-25(2)3)22(28)23-19-10-5-4-6-11-19/h7-9,14,19H,4-6,10-13,15H2,1-3H3,(H,23,28)(H,24,27). The van der Waals surface area contributed by atoms with Crippen molar-refractivity contribution in [2.45, 2.75) is 51.6 Å². The molecule has 3 rings (SSSR count). The molecular weight excluding hydrogens is 352 g/mol. The summed E-state index contributed by atoms with van der Waals surface area (Å²) in [5.74, 6) is 0. The molecule has 6 heteroatoms. The van der Waals surface area contributed by atoms with Crippen LogP contribution in [-0.2, 0) is 6.54 Å². The van der Waals surface area contributed by atoms with Gasteiger partial charge in [0, 0.05) is 24.7 Å². The topological polar surface area (TPSA) is 68.4 Å². The van der Waals surface area contributed by atoms with E-state index in [1.165, 1.54) is 19.3 Å². The lowest BCUT2D eigenvalue weighted by Gasteiger charge is -2.29. The van der Waals surface area contributed by atoms with Crippen molar-refractivity contribution in [1.29, 1.82) is 0 Å². The number of carbonyl (C=O) groups is 1. The number of nitrogens with zero attached hydrogens (tertiary/aromatic N) is 2. The van der Waals surface area contributed by atoms with Crippen LogP contribution in [-0.4, -0.2) is 54.0 Å². The Morgan fingerprint density at radius 1 is 1.18 bits per heavy atom. The van der Waals surface area contributed by atoms with Gasteiger partial charge >= 0.3 is 6.03 Å². The Bertz CT molecular complexity index is 868. The predicted octanol–water partition coefficient (Wildman–Crippen LogP) is 3.24. The van der Waals surface area contributed by atoms with Gasteiger partial charge in [-0.2, -0.15) is 0 Å². The lowest BCUT2D eigenvalue weighted by atomic mass is 9.96. The molecule has 0 aliphatic heterocycles. The number of aryl methyl sites for hydroxylation is 1. The fourth-order valence-corrected chi connectivity index (χ4v) is 3.84. The number of urea groups is 1. The molecule has 1 aliphatic rings. The van der Waals surface area contributed by atoms with Crippen LogP contribution in [0.3, 0.4) is 0 Å². The van der Waals surface area contributed by atoms with Crippen LogP contribution in [0.25, 0.3) is 10.9 Å². The number of fused-ring (bicyclic) bond motifs is 1. The molecule has 0 radical (unpaired) electrons. The minimum atomic E-state index is -0.123. The maximum absolute atomic E-state index is 12.9. The van der Waals surface area contributed by atoms with Crippen molar-refractivity contribution < 1.29 is 4.79 Å². The van der Waals surface area contributed by atoms with Gasteiger partial charge in [-0.1, -0.05) is 37.5 Å². The minimum absolute atomic E-state index is 0.0718. The second kappa shape index (κ2) is 9.24. The summed E-state index contributed by atoms with van der Waals surface area (Å²) < 4.78 is 0. The third-order valence-electron chi connectivity index (χ3n) is 5.56. The predicted molar refractivity (Wildman–Crippen MR) is 114 cm³/mol. The number of para-hydroxylation sites is 1. The molecule has 1 heterocycles. The molecule has 6 nitrogen and oxygen atoms in total. The molecule has 1 aromatic heterocycles. The van der Waals surface area contributed by atoms with E-state index < -0.39 is 0 Å². The normalized spacial score (nSPS) is 15.1. The summed E-state index contributed by atoms with van der Waals surface area (Å²) in [6, 6.07) is 8.06. The smallest absolute Gasteiger partial charge is 0.317 e. The zero-order valence-corrected chi connectivity index (χ0v) is 17.3. The number of benzene rings is 1. The van der Waals surface area contributed by atoms with Crippen LogP contribution in [0.15, 0.2) is 29.1 Å². The third-order valence-corrected chi connectivity index (χ3v) is 5.56. The Labute approximate surface area is 166 Å². The Kier molecular flexibility index (Phi) is 6.73. The number of H-pyrrole nitrogens is 1. The molecular formula is C22H32N4O2. The number of nitrogens with one attached hydrogen (secondary N) is 2. The first kappa shape index (κ1) is 20.4. The maximum Gasteiger partial charge on any atom is 0.317 e. The Morgan fingerprint density at radius 3 is 2.64 bits per heavy atom. The van der Waals surface area contributed by atoms with Gasteiger partial charge < -0.3 is 20.1 Å². The fraction of sp³-hybridized carbons (Fsp3) is 0.545. The summed E-state index contributed by atoms with van der Waals surface area (Å²) >= 11 is 0. The van der Waals surface area contributed by atoms with Gasteiger partial charge in [0.1, 0.15) is 0 Å². The quantitative estimate of drug-likeness (QED) is 0.803. The molecule has 0 unspecified atom stereocenters. The van der Waals surface area contributed by atoms with Crippen LogP contribution < -0.4 is 10.9 Å². The highest BCUT2D eigenvalue weighted by Crippen LogP contribution is 2.18. The minimum Gasteiger partial charge on any atom is -0.335 e. The highest BCUT2D eigenvalue weighted by Gasteiger charge is 2.21. The van der Waals surface area contributed by atoms with Crippen molar-refractivity contribution >= 4 is 16.9 Å². The molecule has 0 bridgehead atoms. The molecule has 1 saturated carbocycles. The molecule has 2 amide bonds. The lowest BCUT2D eigenvalue weighted by Crippen LogP contribution is -2.47. The van der Waals surface area contributed by atoms with Crippen LogP contribution in [0.2, 0.25) is 0 Å². The number of aromatic nitrogens is 1. The summed E-state index contributed by atoms with van der Waals surface area (Å²) in [5.41, 5.74) is 2.40. The van der Waals surface area contributed by atoms with Crippen LogP contribution in [0.4, 0.5) is 4.79 Å². The van der Waals surface area contributed by atoms with Crippen LogP contribution >= 0.6 is 0 Å². The second-order valence-electron chi connectivity index (χ2n) is 8.17. The fourth-order valence-electron chi connectivity index (χ4n) is 3.84. The highest BCUT2D eigenvalue weighted by atomic mass is 16.2. The molecule has 1 aliphatic carbocycles. The van der Waals surface area contributed by atoms with Gasteiger partial charge in [-0.15, -0.1) is 0 Å². The van der Waals surface area contributed by atoms with E-state index in [9.17, 15) is 9.59 Å². The van der Waals surface area contributed by atoms with Gasteiger partial charge in [0.25, 0.3) is 5.56 Å². The van der Waals surface area contributed by atoms with Gasteiger partial charge in [-0.25, -0.2) is 4.79 Å². The molecule has 1 fully saturated rings. The summed E-state index contributed by atoms with van der Waals surface area (Å²) in [5, 5.41) is 4.18. The largest absolute Gasteiger partial charge is 0.335 e. The van der Waals surface area contributed by atoms with E-state index in [1.807, 2.05) is 45.3 Å². The van der Waals surface area contributed by atoms with E-state index in [4.69, 9.17) is 0 Å². The van der Waals surface area contributed by atoms with E-state index in [-0.39, 0.29) is 17.6 Å². The van der Waals surface area contributed by atoms with Gasteiger partial charge in [-0.05, 0) is 50.9 Å². The zero-order chi connectivity index (χ0) is 20.1. The SMILES string of the molecule is Cc1cccc2cc(CN(CCN(C)C)C(=O)NC3CCCCC3)c(=O)[nH]c12. The highest BCUT2D eigenvalue weighted by molar-refractivity contribution is 5.82. The van der Waals surface area contributed by atoms with Crippen LogP contribution in [0.5, 0.6) is 0 Å². The number of hydrogen-bond donors (Lipinski definition) is 2. The van der Waals surface area contributed by atoms with E-state index in [2.05, 4.69) is 15.2 Å². The monoisotopic (exact) mass is 384 g/mol. The van der Waals surface area contributed by atoms with Gasteiger partial charge in [0.15, 0.2) is 0 Å². The molecule has 152 valence electrons. The van der Waals surface area contributed by atoms with E-state index >= 15 is 0 Å². The van der Waals surface area contributed by atoms with Crippen molar-refractivity contribution in [2.24, 2.45) is 0 Å². The molecule has 1 aromatic carbocycles. The number of rotatable bonds is 6. The summed E-state index contributed by atoms with van der Waals surface area (Å²) in [7, 11) is 3.98. The Hall–Kier alpha value is -2.34. The number of hydrogen-bond acceptors (Lipinski definition) is 3. The molecule has 0 spiro atoms.